The minimum Gasteiger partial charge on any atom is -0.306 e. The fourth-order valence-corrected chi connectivity index (χ4v) is 3.05. The van der Waals surface area contributed by atoms with E-state index in [2.05, 4.69) is 42.8 Å². The topological polar surface area (TPSA) is 64.8 Å². The van der Waals surface area contributed by atoms with Crippen LogP contribution in [0.1, 0.15) is 31.9 Å². The van der Waals surface area contributed by atoms with Crippen LogP contribution in [0.3, 0.4) is 0 Å². The molecule has 2 heterocycles. The average molecular weight is 296 g/mol. The number of nitrogens with zero attached hydrogens (tertiary/aromatic N) is 3. The lowest BCUT2D eigenvalue weighted by Gasteiger charge is -2.26. The minimum absolute atomic E-state index is 0.0951. The molecule has 1 aliphatic rings. The molecule has 1 atom stereocenters. The molecule has 3 rings (SSSR count). The standard InChI is InChI=1S/C17H20N4O/c1-11(2)6-7-20-10-14-13(8-18)4-5-15-16(14)21(9-12(20)3)17(22)19-15/h4-6,12H,7,9-10H2,1-3H3,(H,19,22)/t12-/m1/s1. The highest BCUT2D eigenvalue weighted by molar-refractivity contribution is 5.81. The van der Waals surface area contributed by atoms with Crippen molar-refractivity contribution < 1.29 is 0 Å². The van der Waals surface area contributed by atoms with Crippen LogP contribution < -0.4 is 5.69 Å². The fourth-order valence-electron chi connectivity index (χ4n) is 3.05. The second-order valence-electron chi connectivity index (χ2n) is 6.20. The molecule has 0 unspecified atom stereocenters. The maximum absolute atomic E-state index is 12.2. The average Bonchev–Trinajstić information content (AvgIpc) is 2.70. The molecule has 114 valence electrons. The number of hydrogen-bond donors (Lipinski definition) is 1. The van der Waals surface area contributed by atoms with Crippen molar-refractivity contribution in [3.63, 3.8) is 0 Å². The van der Waals surface area contributed by atoms with Gasteiger partial charge in [-0.1, -0.05) is 11.6 Å². The van der Waals surface area contributed by atoms with E-state index in [-0.39, 0.29) is 11.7 Å². The minimum atomic E-state index is -0.0951. The first-order valence-electron chi connectivity index (χ1n) is 7.53. The molecule has 0 bridgehead atoms. The van der Waals surface area contributed by atoms with E-state index in [4.69, 9.17) is 0 Å². The van der Waals surface area contributed by atoms with E-state index in [1.807, 2.05) is 6.07 Å². The maximum atomic E-state index is 12.2. The van der Waals surface area contributed by atoms with Gasteiger partial charge in [-0.15, -0.1) is 0 Å². The predicted molar refractivity (Wildman–Crippen MR) is 86.6 cm³/mol. The van der Waals surface area contributed by atoms with Gasteiger partial charge in [0, 0.05) is 31.2 Å². The Bertz CT molecular complexity index is 846. The maximum Gasteiger partial charge on any atom is 0.326 e. The number of allylic oxidation sites excluding steroid dienone is 1. The summed E-state index contributed by atoms with van der Waals surface area (Å²) in [6.45, 7) is 8.44. The molecule has 1 aromatic carbocycles. The van der Waals surface area contributed by atoms with Crippen molar-refractivity contribution in [2.24, 2.45) is 0 Å². The molecule has 0 fully saturated rings. The summed E-state index contributed by atoms with van der Waals surface area (Å²) in [5, 5.41) is 9.41. The Morgan fingerprint density at radius 2 is 2.27 bits per heavy atom. The Labute approximate surface area is 129 Å². The largest absolute Gasteiger partial charge is 0.326 e. The van der Waals surface area contributed by atoms with Crippen molar-refractivity contribution in [2.45, 2.75) is 39.9 Å². The van der Waals surface area contributed by atoms with Crippen LogP contribution >= 0.6 is 0 Å². The van der Waals surface area contributed by atoms with Gasteiger partial charge in [0.25, 0.3) is 0 Å². The highest BCUT2D eigenvalue weighted by Crippen LogP contribution is 2.26. The molecule has 0 radical (unpaired) electrons. The molecule has 0 aliphatic carbocycles. The third-order valence-electron chi connectivity index (χ3n) is 4.33. The fraction of sp³-hybridized carbons (Fsp3) is 0.412. The van der Waals surface area contributed by atoms with E-state index in [0.29, 0.717) is 18.7 Å². The number of benzene rings is 1. The van der Waals surface area contributed by atoms with Gasteiger partial charge in [0.15, 0.2) is 0 Å². The lowest BCUT2D eigenvalue weighted by molar-refractivity contribution is 0.209. The summed E-state index contributed by atoms with van der Waals surface area (Å²) in [4.78, 5) is 17.4. The van der Waals surface area contributed by atoms with Crippen molar-refractivity contribution in [3.05, 3.63) is 45.4 Å². The van der Waals surface area contributed by atoms with Crippen molar-refractivity contribution in [2.75, 3.05) is 6.54 Å². The smallest absolute Gasteiger partial charge is 0.306 e. The molecule has 0 saturated carbocycles. The molecular formula is C17H20N4O. The highest BCUT2D eigenvalue weighted by Gasteiger charge is 2.25. The van der Waals surface area contributed by atoms with Gasteiger partial charge in [0.2, 0.25) is 0 Å². The van der Waals surface area contributed by atoms with Gasteiger partial charge in [-0.05, 0) is 32.9 Å². The molecule has 0 spiro atoms. The number of nitriles is 1. The van der Waals surface area contributed by atoms with E-state index in [1.165, 1.54) is 5.57 Å². The first-order chi connectivity index (χ1) is 10.5. The zero-order valence-corrected chi connectivity index (χ0v) is 13.2. The van der Waals surface area contributed by atoms with Gasteiger partial charge in [0.05, 0.1) is 22.7 Å². The monoisotopic (exact) mass is 296 g/mol. The molecule has 0 saturated heterocycles. The van der Waals surface area contributed by atoms with E-state index in [1.54, 1.807) is 10.6 Å². The number of imidazole rings is 1. The molecular weight excluding hydrogens is 276 g/mol. The highest BCUT2D eigenvalue weighted by atomic mass is 16.1. The molecule has 5 nitrogen and oxygen atoms in total. The zero-order valence-electron chi connectivity index (χ0n) is 13.2. The molecule has 0 amide bonds. The Morgan fingerprint density at radius 1 is 1.50 bits per heavy atom. The van der Waals surface area contributed by atoms with Gasteiger partial charge in [-0.2, -0.15) is 5.26 Å². The predicted octanol–water partition coefficient (Wildman–Crippen LogP) is 2.37. The van der Waals surface area contributed by atoms with Crippen LogP contribution in [0.25, 0.3) is 11.0 Å². The van der Waals surface area contributed by atoms with E-state index in [9.17, 15) is 10.1 Å². The number of aromatic nitrogens is 2. The van der Waals surface area contributed by atoms with Crippen LogP contribution in [0.5, 0.6) is 0 Å². The summed E-state index contributed by atoms with van der Waals surface area (Å²) in [6.07, 6.45) is 2.19. The Morgan fingerprint density at radius 3 is 2.95 bits per heavy atom. The third kappa shape index (κ3) is 2.36. The molecule has 1 aliphatic heterocycles. The van der Waals surface area contributed by atoms with Gasteiger partial charge < -0.3 is 4.98 Å². The molecule has 5 heteroatoms. The summed E-state index contributed by atoms with van der Waals surface area (Å²) in [5.41, 5.74) is 4.47. The first kappa shape index (κ1) is 14.6. The Kier molecular flexibility index (Phi) is 3.63. The Hall–Kier alpha value is -2.32. The normalized spacial score (nSPS) is 18.0. The first-order valence-corrected chi connectivity index (χ1v) is 7.53. The number of hydrogen-bond acceptors (Lipinski definition) is 3. The van der Waals surface area contributed by atoms with Crippen molar-refractivity contribution in [3.8, 4) is 6.07 Å². The molecule has 22 heavy (non-hydrogen) atoms. The van der Waals surface area contributed by atoms with Crippen molar-refractivity contribution in [1.82, 2.24) is 14.5 Å². The SMILES string of the molecule is CC(C)=CCN1Cc2c(C#N)ccc3[nH]c(=O)n(c23)C[C@H]1C. The van der Waals surface area contributed by atoms with Gasteiger partial charge in [-0.3, -0.25) is 9.47 Å². The summed E-state index contributed by atoms with van der Waals surface area (Å²) >= 11 is 0. The second-order valence-corrected chi connectivity index (χ2v) is 6.20. The quantitative estimate of drug-likeness (QED) is 0.865. The number of rotatable bonds is 2. The number of H-pyrrole nitrogens is 1. The zero-order chi connectivity index (χ0) is 15.9. The summed E-state index contributed by atoms with van der Waals surface area (Å²) in [7, 11) is 0. The Balaban J connectivity index is 2.16. The van der Waals surface area contributed by atoms with E-state index in [0.717, 1.165) is 23.1 Å². The van der Waals surface area contributed by atoms with Crippen LogP contribution in [0.2, 0.25) is 0 Å². The van der Waals surface area contributed by atoms with Crippen molar-refractivity contribution >= 4 is 11.0 Å². The summed E-state index contributed by atoms with van der Waals surface area (Å²) in [6, 6.07) is 6.12. The summed E-state index contributed by atoms with van der Waals surface area (Å²) in [5.74, 6) is 0. The van der Waals surface area contributed by atoms with Crippen LogP contribution in [-0.2, 0) is 13.1 Å². The third-order valence-corrected chi connectivity index (χ3v) is 4.33. The second kappa shape index (κ2) is 5.47. The van der Waals surface area contributed by atoms with Crippen LogP contribution in [0.4, 0.5) is 0 Å². The van der Waals surface area contributed by atoms with Gasteiger partial charge in [-0.25, -0.2) is 4.79 Å². The van der Waals surface area contributed by atoms with Crippen molar-refractivity contribution in [1.29, 1.82) is 5.26 Å². The van der Waals surface area contributed by atoms with Crippen LogP contribution in [0, 0.1) is 11.3 Å². The molecule has 2 aromatic rings. The summed E-state index contributed by atoms with van der Waals surface area (Å²) < 4.78 is 1.78. The van der Waals surface area contributed by atoms with Gasteiger partial charge >= 0.3 is 5.69 Å². The van der Waals surface area contributed by atoms with Crippen LogP contribution in [0.15, 0.2) is 28.6 Å². The number of aromatic amines is 1. The molecule has 1 aromatic heterocycles. The lowest BCUT2D eigenvalue weighted by Crippen LogP contribution is -2.36. The van der Waals surface area contributed by atoms with E-state index < -0.39 is 0 Å². The molecule has 1 N–H and O–H groups in total. The number of nitrogens with one attached hydrogen (secondary N) is 1. The van der Waals surface area contributed by atoms with E-state index >= 15 is 0 Å². The lowest BCUT2D eigenvalue weighted by atomic mass is 10.1. The van der Waals surface area contributed by atoms with Gasteiger partial charge in [0.1, 0.15) is 0 Å². The van der Waals surface area contributed by atoms with Crippen LogP contribution in [-0.4, -0.2) is 27.0 Å².